The van der Waals surface area contributed by atoms with E-state index in [1.54, 1.807) is 0 Å². The van der Waals surface area contributed by atoms with Gasteiger partial charge in [0.2, 0.25) is 5.95 Å². The van der Waals surface area contributed by atoms with Crippen molar-refractivity contribution in [1.82, 2.24) is 19.8 Å². The minimum Gasteiger partial charge on any atom is -0.347 e. The number of nitrogens with zero attached hydrogens (tertiary/aromatic N) is 6. The van der Waals surface area contributed by atoms with Gasteiger partial charge in [-0.3, -0.25) is 4.99 Å². The van der Waals surface area contributed by atoms with Crippen molar-refractivity contribution in [3.8, 4) is 0 Å². The van der Waals surface area contributed by atoms with Crippen molar-refractivity contribution in [3.63, 3.8) is 0 Å². The van der Waals surface area contributed by atoms with Crippen LogP contribution in [0.2, 0.25) is 0 Å². The zero-order valence-corrected chi connectivity index (χ0v) is 12.7. The Labute approximate surface area is 120 Å². The molecule has 1 unspecified atom stereocenters. The molecule has 0 saturated carbocycles. The molecule has 6 heteroatoms. The molecule has 0 aromatic carbocycles. The highest BCUT2D eigenvalue weighted by atomic mass is 15.4. The molecule has 0 fully saturated rings. The van der Waals surface area contributed by atoms with Crippen molar-refractivity contribution in [2.45, 2.75) is 25.9 Å². The zero-order chi connectivity index (χ0) is 14.3. The van der Waals surface area contributed by atoms with Crippen LogP contribution in [0.3, 0.4) is 0 Å². The molecule has 0 radical (unpaired) electrons. The molecule has 1 aromatic heterocycles. The number of aliphatic imine (C=N–C) groups is 1. The monoisotopic (exact) mass is 274 g/mol. The fraction of sp³-hybridized carbons (Fsp3) is 0.643. The Morgan fingerprint density at radius 2 is 2.15 bits per heavy atom. The normalized spacial score (nSPS) is 21.8. The summed E-state index contributed by atoms with van der Waals surface area (Å²) in [5, 5.41) is 0. The molecule has 2 aliphatic rings. The van der Waals surface area contributed by atoms with E-state index in [1.165, 1.54) is 11.3 Å². The first-order chi connectivity index (χ1) is 9.56. The van der Waals surface area contributed by atoms with Crippen LogP contribution in [0, 0.1) is 0 Å². The van der Waals surface area contributed by atoms with Gasteiger partial charge in [0, 0.05) is 58.5 Å². The second-order valence-corrected chi connectivity index (χ2v) is 5.81. The van der Waals surface area contributed by atoms with Gasteiger partial charge in [-0.2, -0.15) is 0 Å². The van der Waals surface area contributed by atoms with Gasteiger partial charge in [-0.1, -0.05) is 0 Å². The molecule has 3 rings (SSSR count). The van der Waals surface area contributed by atoms with Crippen LogP contribution in [0.4, 0.5) is 5.95 Å². The summed E-state index contributed by atoms with van der Waals surface area (Å²) in [4.78, 5) is 20.3. The number of aromatic nitrogens is 2. The van der Waals surface area contributed by atoms with Crippen molar-refractivity contribution in [2.24, 2.45) is 4.99 Å². The lowest BCUT2D eigenvalue weighted by Crippen LogP contribution is -2.45. The van der Waals surface area contributed by atoms with Gasteiger partial charge in [-0.05, 0) is 6.92 Å². The number of fused-ring (bicyclic) bond motifs is 1. The number of anilines is 1. The van der Waals surface area contributed by atoms with Crippen LogP contribution >= 0.6 is 0 Å². The molecule has 1 aromatic rings. The Morgan fingerprint density at radius 1 is 1.35 bits per heavy atom. The summed E-state index contributed by atoms with van der Waals surface area (Å²) >= 11 is 0. The Balaban J connectivity index is 1.79. The van der Waals surface area contributed by atoms with Crippen LogP contribution in [-0.4, -0.2) is 66.0 Å². The van der Waals surface area contributed by atoms with E-state index in [9.17, 15) is 0 Å². The number of hydrogen-bond donors (Lipinski definition) is 0. The fourth-order valence-corrected chi connectivity index (χ4v) is 2.66. The highest BCUT2D eigenvalue weighted by molar-refractivity contribution is 5.82. The lowest BCUT2D eigenvalue weighted by Gasteiger charge is -2.34. The molecule has 1 atom stereocenters. The molecular weight excluding hydrogens is 252 g/mol. The van der Waals surface area contributed by atoms with Crippen molar-refractivity contribution in [3.05, 3.63) is 17.5 Å². The summed E-state index contributed by atoms with van der Waals surface area (Å²) in [5.41, 5.74) is 2.40. The smallest absolute Gasteiger partial charge is 0.225 e. The van der Waals surface area contributed by atoms with E-state index in [2.05, 4.69) is 38.7 Å². The van der Waals surface area contributed by atoms with Crippen molar-refractivity contribution in [1.29, 1.82) is 0 Å². The lowest BCUT2D eigenvalue weighted by molar-refractivity contribution is 0.317. The molecule has 0 saturated heterocycles. The molecule has 0 N–H and O–H groups in total. The minimum absolute atomic E-state index is 0.499. The Hall–Kier alpha value is -1.85. The maximum Gasteiger partial charge on any atom is 0.225 e. The van der Waals surface area contributed by atoms with Crippen molar-refractivity contribution in [2.75, 3.05) is 39.1 Å². The highest BCUT2D eigenvalue weighted by Gasteiger charge is 2.28. The van der Waals surface area contributed by atoms with Gasteiger partial charge in [-0.25, -0.2) is 9.97 Å². The SMILES string of the molecule is CC1CN=C(N2CCc3nc(N(C)C)ncc3C2)N1C. The summed E-state index contributed by atoms with van der Waals surface area (Å²) in [7, 11) is 6.07. The number of likely N-dealkylation sites (N-methyl/N-ethyl adjacent to an activating group) is 1. The molecule has 0 aliphatic carbocycles. The second kappa shape index (κ2) is 4.92. The summed E-state index contributed by atoms with van der Waals surface area (Å²) in [6.45, 7) is 4.94. The largest absolute Gasteiger partial charge is 0.347 e. The van der Waals surface area contributed by atoms with Gasteiger partial charge in [-0.15, -0.1) is 0 Å². The van der Waals surface area contributed by atoms with Gasteiger partial charge in [0.1, 0.15) is 0 Å². The molecule has 0 spiro atoms. The summed E-state index contributed by atoms with van der Waals surface area (Å²) < 4.78 is 0. The van der Waals surface area contributed by atoms with Crippen molar-refractivity contribution < 1.29 is 0 Å². The van der Waals surface area contributed by atoms with Gasteiger partial charge in [0.05, 0.1) is 12.2 Å². The van der Waals surface area contributed by atoms with E-state index in [-0.39, 0.29) is 0 Å². The molecule has 0 bridgehead atoms. The Morgan fingerprint density at radius 3 is 2.80 bits per heavy atom. The molecule has 2 aliphatic heterocycles. The first-order valence-corrected chi connectivity index (χ1v) is 7.10. The first kappa shape index (κ1) is 13.1. The van der Waals surface area contributed by atoms with E-state index in [1.807, 2.05) is 25.2 Å². The average Bonchev–Trinajstić information content (AvgIpc) is 2.78. The summed E-state index contributed by atoms with van der Waals surface area (Å²) in [5.74, 6) is 1.90. The minimum atomic E-state index is 0.499. The third-order valence-corrected chi connectivity index (χ3v) is 4.08. The van der Waals surface area contributed by atoms with Gasteiger partial charge in [0.25, 0.3) is 0 Å². The number of rotatable bonds is 1. The highest BCUT2D eigenvalue weighted by Crippen LogP contribution is 2.21. The molecule has 0 amide bonds. The maximum absolute atomic E-state index is 4.66. The molecule has 108 valence electrons. The second-order valence-electron chi connectivity index (χ2n) is 5.81. The lowest BCUT2D eigenvalue weighted by atomic mass is 10.1. The van der Waals surface area contributed by atoms with Crippen LogP contribution in [-0.2, 0) is 13.0 Å². The Bertz CT molecular complexity index is 538. The third kappa shape index (κ3) is 2.19. The maximum atomic E-state index is 4.66. The number of hydrogen-bond acceptors (Lipinski definition) is 6. The van der Waals surface area contributed by atoms with E-state index < -0.39 is 0 Å². The quantitative estimate of drug-likeness (QED) is 0.750. The van der Waals surface area contributed by atoms with E-state index in [0.717, 1.165) is 38.0 Å². The van der Waals surface area contributed by atoms with Crippen LogP contribution in [0.15, 0.2) is 11.2 Å². The predicted molar refractivity (Wildman–Crippen MR) is 80.0 cm³/mol. The van der Waals surface area contributed by atoms with Gasteiger partial charge < -0.3 is 14.7 Å². The first-order valence-electron chi connectivity index (χ1n) is 7.10. The summed E-state index contributed by atoms with van der Waals surface area (Å²) in [6.07, 6.45) is 2.92. The van der Waals surface area contributed by atoms with E-state index in [4.69, 9.17) is 0 Å². The summed E-state index contributed by atoms with van der Waals surface area (Å²) in [6, 6.07) is 0.499. The fourth-order valence-electron chi connectivity index (χ4n) is 2.66. The van der Waals surface area contributed by atoms with Crippen LogP contribution in [0.1, 0.15) is 18.2 Å². The molecule has 20 heavy (non-hydrogen) atoms. The van der Waals surface area contributed by atoms with Crippen molar-refractivity contribution >= 4 is 11.9 Å². The third-order valence-electron chi connectivity index (χ3n) is 4.08. The van der Waals surface area contributed by atoms with Crippen LogP contribution in [0.5, 0.6) is 0 Å². The van der Waals surface area contributed by atoms with Crippen LogP contribution in [0.25, 0.3) is 0 Å². The molecule has 3 heterocycles. The zero-order valence-electron chi connectivity index (χ0n) is 12.7. The van der Waals surface area contributed by atoms with Gasteiger partial charge in [0.15, 0.2) is 5.96 Å². The average molecular weight is 274 g/mol. The number of guanidine groups is 1. The van der Waals surface area contributed by atoms with Crippen LogP contribution < -0.4 is 4.90 Å². The predicted octanol–water partition coefficient (Wildman–Crippen LogP) is 0.591. The topological polar surface area (TPSA) is 47.9 Å². The van der Waals surface area contributed by atoms with Gasteiger partial charge >= 0.3 is 0 Å². The standard InChI is InChI=1S/C14H22N6/c1-10-7-16-14(19(10)4)20-6-5-12-11(9-20)8-15-13(17-12)18(2)3/h8,10H,5-7,9H2,1-4H3. The van der Waals surface area contributed by atoms with E-state index in [0.29, 0.717) is 6.04 Å². The Kier molecular flexibility index (Phi) is 3.23. The molecular formula is C14H22N6. The molecule has 6 nitrogen and oxygen atoms in total. The van der Waals surface area contributed by atoms with E-state index >= 15 is 0 Å².